The molecule has 5 rings (SSSR count). The summed E-state index contributed by atoms with van der Waals surface area (Å²) in [6, 6.07) is 17.7. The first-order chi connectivity index (χ1) is 17.0. The van der Waals surface area contributed by atoms with E-state index in [0.29, 0.717) is 17.5 Å². The number of furan rings is 1. The summed E-state index contributed by atoms with van der Waals surface area (Å²) in [4.78, 5) is 17.5. The van der Waals surface area contributed by atoms with Crippen LogP contribution in [0.15, 0.2) is 82.8 Å². The van der Waals surface area contributed by atoms with Crippen LogP contribution in [0.25, 0.3) is 17.1 Å². The van der Waals surface area contributed by atoms with Crippen molar-refractivity contribution >= 4 is 17.5 Å². The SMILES string of the molecule is Cc1ccccc1-n1c(SCC(=O)c2cc(C)n(Cc3ccco3)c2C)nnc1-c1cccnc1. The fraction of sp³-hybridized carbons (Fsp3) is 0.185. The van der Waals surface area contributed by atoms with Crippen molar-refractivity contribution in [2.75, 3.05) is 5.75 Å². The lowest BCUT2D eigenvalue weighted by Crippen LogP contribution is -2.08. The molecule has 0 N–H and O–H groups in total. The number of ketones is 1. The number of para-hydroxylation sites is 1. The first-order valence-corrected chi connectivity index (χ1v) is 12.3. The number of nitrogens with zero attached hydrogens (tertiary/aromatic N) is 5. The number of aromatic nitrogens is 5. The largest absolute Gasteiger partial charge is 0.467 e. The average Bonchev–Trinajstić information content (AvgIpc) is 3.60. The Kier molecular flexibility index (Phi) is 6.37. The zero-order valence-electron chi connectivity index (χ0n) is 19.8. The van der Waals surface area contributed by atoms with Crippen molar-refractivity contribution in [1.82, 2.24) is 24.3 Å². The van der Waals surface area contributed by atoms with E-state index in [1.165, 1.54) is 11.8 Å². The van der Waals surface area contributed by atoms with Crippen molar-refractivity contribution in [2.24, 2.45) is 0 Å². The highest BCUT2D eigenvalue weighted by atomic mass is 32.2. The van der Waals surface area contributed by atoms with E-state index in [0.717, 1.165) is 39.5 Å². The molecule has 0 atom stereocenters. The minimum Gasteiger partial charge on any atom is -0.467 e. The number of aryl methyl sites for hydroxylation is 2. The van der Waals surface area contributed by atoms with Gasteiger partial charge in [-0.15, -0.1) is 10.2 Å². The van der Waals surface area contributed by atoms with Crippen LogP contribution in [0, 0.1) is 20.8 Å². The Hall–Kier alpha value is -3.91. The Labute approximate surface area is 207 Å². The van der Waals surface area contributed by atoms with Gasteiger partial charge in [-0.2, -0.15) is 0 Å². The molecule has 0 saturated heterocycles. The van der Waals surface area contributed by atoms with Gasteiger partial charge in [-0.1, -0.05) is 30.0 Å². The number of carbonyl (C=O) groups is 1. The summed E-state index contributed by atoms with van der Waals surface area (Å²) in [6.45, 7) is 6.63. The number of carbonyl (C=O) groups excluding carboxylic acids is 1. The molecular formula is C27H25N5O2S. The van der Waals surface area contributed by atoms with Crippen LogP contribution in [-0.2, 0) is 6.54 Å². The van der Waals surface area contributed by atoms with Crippen molar-refractivity contribution in [1.29, 1.82) is 0 Å². The summed E-state index contributed by atoms with van der Waals surface area (Å²) in [6.07, 6.45) is 5.16. The van der Waals surface area contributed by atoms with Gasteiger partial charge in [-0.3, -0.25) is 14.3 Å². The molecular weight excluding hydrogens is 458 g/mol. The molecule has 4 aromatic heterocycles. The third kappa shape index (κ3) is 4.57. The van der Waals surface area contributed by atoms with Crippen molar-refractivity contribution < 1.29 is 9.21 Å². The minimum atomic E-state index is 0.0519. The first kappa shape index (κ1) is 22.9. The van der Waals surface area contributed by atoms with E-state index in [2.05, 4.69) is 32.7 Å². The van der Waals surface area contributed by atoms with Gasteiger partial charge < -0.3 is 8.98 Å². The van der Waals surface area contributed by atoms with E-state index in [-0.39, 0.29) is 11.5 Å². The lowest BCUT2D eigenvalue weighted by Gasteiger charge is -2.12. The van der Waals surface area contributed by atoms with Crippen molar-refractivity contribution in [3.05, 3.63) is 102 Å². The first-order valence-electron chi connectivity index (χ1n) is 11.3. The van der Waals surface area contributed by atoms with Gasteiger partial charge >= 0.3 is 0 Å². The third-order valence-corrected chi connectivity index (χ3v) is 6.94. The van der Waals surface area contributed by atoms with Crippen LogP contribution in [0.5, 0.6) is 0 Å². The van der Waals surface area contributed by atoms with Gasteiger partial charge in [0.2, 0.25) is 0 Å². The molecule has 0 radical (unpaired) electrons. The maximum Gasteiger partial charge on any atom is 0.196 e. The van der Waals surface area contributed by atoms with Crippen molar-refractivity contribution in [3.8, 4) is 17.1 Å². The zero-order valence-corrected chi connectivity index (χ0v) is 20.6. The fourth-order valence-electron chi connectivity index (χ4n) is 4.17. The molecule has 0 aliphatic rings. The quantitative estimate of drug-likeness (QED) is 0.209. The minimum absolute atomic E-state index is 0.0519. The number of pyridine rings is 1. The summed E-state index contributed by atoms with van der Waals surface area (Å²) in [5.41, 5.74) is 5.60. The van der Waals surface area contributed by atoms with Crippen molar-refractivity contribution in [3.63, 3.8) is 0 Å². The summed E-state index contributed by atoms with van der Waals surface area (Å²) in [5.74, 6) is 1.85. The lowest BCUT2D eigenvalue weighted by molar-refractivity contribution is 0.102. The monoisotopic (exact) mass is 483 g/mol. The molecule has 0 spiro atoms. The number of hydrogen-bond acceptors (Lipinski definition) is 6. The van der Waals surface area contributed by atoms with Gasteiger partial charge in [0.1, 0.15) is 5.76 Å². The van der Waals surface area contributed by atoms with E-state index in [1.54, 1.807) is 18.7 Å². The van der Waals surface area contributed by atoms with E-state index < -0.39 is 0 Å². The summed E-state index contributed by atoms with van der Waals surface area (Å²) in [5, 5.41) is 9.57. The van der Waals surface area contributed by atoms with Crippen LogP contribution in [-0.4, -0.2) is 35.9 Å². The van der Waals surface area contributed by atoms with Crippen LogP contribution >= 0.6 is 11.8 Å². The molecule has 0 saturated carbocycles. The molecule has 35 heavy (non-hydrogen) atoms. The van der Waals surface area contributed by atoms with Crippen LogP contribution in [0.4, 0.5) is 0 Å². The number of Topliss-reactive ketones (excluding diaryl/α,β-unsaturated/α-hetero) is 1. The number of thioether (sulfide) groups is 1. The molecule has 0 amide bonds. The second kappa shape index (κ2) is 9.76. The molecule has 0 unspecified atom stereocenters. The van der Waals surface area contributed by atoms with E-state index in [9.17, 15) is 4.79 Å². The topological polar surface area (TPSA) is 78.7 Å². The Morgan fingerprint density at radius 2 is 1.89 bits per heavy atom. The average molecular weight is 484 g/mol. The van der Waals surface area contributed by atoms with Gasteiger partial charge in [0.15, 0.2) is 16.8 Å². The standard InChI is InChI=1S/C27H25N5O2S/c1-18-8-4-5-11-24(18)32-26(21-9-6-12-28-15-21)29-30-27(32)35-17-25(33)23-14-19(2)31(20(23)3)16-22-10-7-13-34-22/h4-15H,16-17H2,1-3H3. The predicted molar refractivity (Wildman–Crippen MR) is 136 cm³/mol. The molecule has 8 heteroatoms. The van der Waals surface area contributed by atoms with E-state index in [1.807, 2.05) is 66.9 Å². The lowest BCUT2D eigenvalue weighted by atomic mass is 10.2. The summed E-state index contributed by atoms with van der Waals surface area (Å²) in [7, 11) is 0. The van der Waals surface area contributed by atoms with Gasteiger partial charge in [-0.05, 0) is 62.7 Å². The Bertz CT molecular complexity index is 1470. The molecule has 0 aliphatic carbocycles. The highest BCUT2D eigenvalue weighted by molar-refractivity contribution is 7.99. The highest BCUT2D eigenvalue weighted by Gasteiger charge is 2.21. The molecule has 5 aromatic rings. The fourth-order valence-corrected chi connectivity index (χ4v) is 5.00. The summed E-state index contributed by atoms with van der Waals surface area (Å²) < 4.78 is 9.60. The van der Waals surface area contributed by atoms with Gasteiger partial charge in [-0.25, -0.2) is 0 Å². The van der Waals surface area contributed by atoms with Gasteiger partial charge in [0, 0.05) is 34.9 Å². The Morgan fingerprint density at radius 3 is 2.63 bits per heavy atom. The molecule has 0 fully saturated rings. The molecule has 0 aliphatic heterocycles. The highest BCUT2D eigenvalue weighted by Crippen LogP contribution is 2.30. The smallest absolute Gasteiger partial charge is 0.196 e. The summed E-state index contributed by atoms with van der Waals surface area (Å²) >= 11 is 1.39. The second-order valence-corrected chi connectivity index (χ2v) is 9.27. The molecule has 4 heterocycles. The van der Waals surface area contributed by atoms with E-state index in [4.69, 9.17) is 4.42 Å². The second-order valence-electron chi connectivity index (χ2n) is 8.33. The number of hydrogen-bond donors (Lipinski definition) is 0. The normalized spacial score (nSPS) is 11.2. The van der Waals surface area contributed by atoms with Crippen molar-refractivity contribution in [2.45, 2.75) is 32.5 Å². The Balaban J connectivity index is 1.43. The molecule has 7 nitrogen and oxygen atoms in total. The molecule has 176 valence electrons. The van der Waals surface area contributed by atoms with Gasteiger partial charge in [0.25, 0.3) is 0 Å². The maximum absolute atomic E-state index is 13.3. The van der Waals surface area contributed by atoms with Crippen LogP contribution in [0.2, 0.25) is 0 Å². The maximum atomic E-state index is 13.3. The third-order valence-electron chi connectivity index (χ3n) is 6.01. The van der Waals surface area contributed by atoms with Gasteiger partial charge in [0.05, 0.1) is 24.2 Å². The van der Waals surface area contributed by atoms with E-state index >= 15 is 0 Å². The van der Waals surface area contributed by atoms with Crippen LogP contribution < -0.4 is 0 Å². The predicted octanol–water partition coefficient (Wildman–Crippen LogP) is 5.67. The number of rotatable bonds is 8. The molecule has 1 aromatic carbocycles. The Morgan fingerprint density at radius 1 is 1.03 bits per heavy atom. The van der Waals surface area contributed by atoms with Crippen LogP contribution in [0.3, 0.4) is 0 Å². The number of benzene rings is 1. The van der Waals surface area contributed by atoms with Crippen LogP contribution in [0.1, 0.15) is 33.1 Å². The zero-order chi connectivity index (χ0) is 24.4. The molecule has 0 bridgehead atoms.